The summed E-state index contributed by atoms with van der Waals surface area (Å²) in [5.74, 6) is -1.32. The Kier molecular flexibility index (Phi) is 12.2. The lowest BCUT2D eigenvalue weighted by molar-refractivity contribution is -0.180. The highest BCUT2D eigenvalue weighted by Crippen LogP contribution is 2.24. The highest BCUT2D eigenvalue weighted by Gasteiger charge is 2.34. The molecule has 0 bridgehead atoms. The molecule has 6 unspecified atom stereocenters. The summed E-state index contributed by atoms with van der Waals surface area (Å²) in [5, 5.41) is 20.0. The van der Waals surface area contributed by atoms with E-state index in [2.05, 4.69) is 0 Å². The molecule has 30 heavy (non-hydrogen) atoms. The van der Waals surface area contributed by atoms with E-state index in [1.54, 1.807) is 6.92 Å². The first kappa shape index (κ1) is 25.5. The van der Waals surface area contributed by atoms with Crippen molar-refractivity contribution in [3.05, 3.63) is 0 Å². The molecule has 6 atom stereocenters. The first-order valence-corrected chi connectivity index (χ1v) is 11.5. The Morgan fingerprint density at radius 3 is 2.23 bits per heavy atom. The summed E-state index contributed by atoms with van der Waals surface area (Å²) in [6.07, 6.45) is 4.45. The molecule has 2 aliphatic rings. The van der Waals surface area contributed by atoms with E-state index in [9.17, 15) is 15.0 Å². The van der Waals surface area contributed by atoms with Crippen molar-refractivity contribution in [2.24, 2.45) is 11.8 Å². The molecule has 8 heteroatoms. The van der Waals surface area contributed by atoms with Crippen LogP contribution in [-0.2, 0) is 28.5 Å². The molecule has 0 aromatic carbocycles. The van der Waals surface area contributed by atoms with Gasteiger partial charge >= 0.3 is 5.97 Å². The molecule has 176 valence electrons. The smallest absolute Gasteiger partial charge is 0.309 e. The summed E-state index contributed by atoms with van der Waals surface area (Å²) in [7, 11) is 0. The minimum absolute atomic E-state index is 0.229. The highest BCUT2D eigenvalue weighted by atomic mass is 16.6. The van der Waals surface area contributed by atoms with Gasteiger partial charge in [0.25, 0.3) is 0 Å². The van der Waals surface area contributed by atoms with Crippen LogP contribution >= 0.6 is 0 Å². The Labute approximate surface area is 180 Å². The van der Waals surface area contributed by atoms with Crippen LogP contribution in [0.2, 0.25) is 0 Å². The van der Waals surface area contributed by atoms with Gasteiger partial charge < -0.3 is 33.9 Å². The third-order valence-electron chi connectivity index (χ3n) is 5.53. The van der Waals surface area contributed by atoms with Gasteiger partial charge in [-0.1, -0.05) is 6.92 Å². The lowest BCUT2D eigenvalue weighted by Gasteiger charge is -2.29. The minimum Gasteiger partial charge on any atom is -0.465 e. The zero-order chi connectivity index (χ0) is 21.8. The number of hydrogen-bond donors (Lipinski definition) is 2. The summed E-state index contributed by atoms with van der Waals surface area (Å²) in [4.78, 5) is 12.7. The second-order valence-corrected chi connectivity index (χ2v) is 8.37. The van der Waals surface area contributed by atoms with Crippen molar-refractivity contribution < 1.29 is 38.7 Å². The average Bonchev–Trinajstić information content (AvgIpc) is 3.62. The highest BCUT2D eigenvalue weighted by molar-refractivity contribution is 5.72. The quantitative estimate of drug-likeness (QED) is 0.138. The topological polar surface area (TPSA) is 110 Å². The molecule has 0 radical (unpaired) electrons. The average molecular weight is 433 g/mol. The second kappa shape index (κ2) is 14.3. The SMILES string of the molecule is CCC(C(=O)OCCCC1CO1)C(COCCCC1CO1)C(O)OCCCC(C)O. The first-order chi connectivity index (χ1) is 14.5. The van der Waals surface area contributed by atoms with E-state index in [0.29, 0.717) is 51.3 Å². The maximum absolute atomic E-state index is 12.7. The minimum atomic E-state index is -1.12. The van der Waals surface area contributed by atoms with Gasteiger partial charge in [-0.2, -0.15) is 0 Å². The summed E-state index contributed by atoms with van der Waals surface area (Å²) < 4.78 is 27.2. The van der Waals surface area contributed by atoms with Crippen molar-refractivity contribution in [1.82, 2.24) is 0 Å². The Balaban J connectivity index is 1.78. The third kappa shape index (κ3) is 11.0. The summed E-state index contributed by atoms with van der Waals surface area (Å²) >= 11 is 0. The van der Waals surface area contributed by atoms with E-state index in [4.69, 9.17) is 23.7 Å². The lowest BCUT2D eigenvalue weighted by Crippen LogP contribution is -2.38. The molecule has 2 heterocycles. The van der Waals surface area contributed by atoms with Crippen molar-refractivity contribution in [3.63, 3.8) is 0 Å². The number of hydrogen-bond acceptors (Lipinski definition) is 8. The fraction of sp³-hybridized carbons (Fsp3) is 0.955. The van der Waals surface area contributed by atoms with Crippen LogP contribution in [0.5, 0.6) is 0 Å². The van der Waals surface area contributed by atoms with E-state index >= 15 is 0 Å². The van der Waals surface area contributed by atoms with E-state index in [1.807, 2.05) is 6.92 Å². The number of rotatable bonds is 19. The third-order valence-corrected chi connectivity index (χ3v) is 5.53. The summed E-state index contributed by atoms with van der Waals surface area (Å²) in [5.41, 5.74) is 0. The number of esters is 1. The van der Waals surface area contributed by atoms with E-state index < -0.39 is 24.2 Å². The Morgan fingerprint density at radius 1 is 1.03 bits per heavy atom. The molecule has 0 aromatic rings. The van der Waals surface area contributed by atoms with E-state index in [-0.39, 0.29) is 12.6 Å². The molecule has 0 saturated carbocycles. The maximum Gasteiger partial charge on any atom is 0.309 e. The molecule has 2 N–H and O–H groups in total. The first-order valence-electron chi connectivity index (χ1n) is 11.5. The second-order valence-electron chi connectivity index (χ2n) is 8.37. The normalized spacial score (nSPS) is 24.1. The van der Waals surface area contributed by atoms with Gasteiger partial charge in [0, 0.05) is 19.1 Å². The van der Waals surface area contributed by atoms with E-state index in [1.165, 1.54) is 0 Å². The predicted octanol–water partition coefficient (Wildman–Crippen LogP) is 2.04. The molecule has 0 spiro atoms. The van der Waals surface area contributed by atoms with Gasteiger partial charge in [0.1, 0.15) is 0 Å². The molecular formula is C22H40O8. The molecule has 0 amide bonds. The molecular weight excluding hydrogens is 392 g/mol. The zero-order valence-corrected chi connectivity index (χ0v) is 18.5. The van der Waals surface area contributed by atoms with Crippen LogP contribution in [-0.4, -0.2) is 80.4 Å². The molecule has 2 rings (SSSR count). The Bertz CT molecular complexity index is 464. The fourth-order valence-electron chi connectivity index (χ4n) is 3.44. The maximum atomic E-state index is 12.7. The summed E-state index contributed by atoms with van der Waals surface area (Å²) in [6, 6.07) is 0. The van der Waals surface area contributed by atoms with Crippen LogP contribution < -0.4 is 0 Å². The van der Waals surface area contributed by atoms with Crippen molar-refractivity contribution >= 4 is 5.97 Å². The van der Waals surface area contributed by atoms with Crippen LogP contribution in [0.3, 0.4) is 0 Å². The van der Waals surface area contributed by atoms with Gasteiger partial charge in [-0.15, -0.1) is 0 Å². The Hall–Kier alpha value is -0.770. The van der Waals surface area contributed by atoms with Gasteiger partial charge in [-0.05, 0) is 51.9 Å². The van der Waals surface area contributed by atoms with Crippen LogP contribution in [0.15, 0.2) is 0 Å². The number of aliphatic hydroxyl groups excluding tert-OH is 2. The van der Waals surface area contributed by atoms with Gasteiger partial charge in [0.15, 0.2) is 6.29 Å². The van der Waals surface area contributed by atoms with Crippen LogP contribution in [0, 0.1) is 11.8 Å². The van der Waals surface area contributed by atoms with Gasteiger partial charge in [0.05, 0.1) is 50.7 Å². The van der Waals surface area contributed by atoms with Crippen LogP contribution in [0.1, 0.15) is 58.8 Å². The van der Waals surface area contributed by atoms with E-state index in [0.717, 1.165) is 38.9 Å². The predicted molar refractivity (Wildman–Crippen MR) is 110 cm³/mol. The van der Waals surface area contributed by atoms with Gasteiger partial charge in [0.2, 0.25) is 0 Å². The largest absolute Gasteiger partial charge is 0.465 e. The number of epoxide rings is 2. The molecule has 0 aliphatic carbocycles. The van der Waals surface area contributed by atoms with Crippen LogP contribution in [0.25, 0.3) is 0 Å². The lowest BCUT2D eigenvalue weighted by atomic mass is 9.90. The zero-order valence-electron chi connectivity index (χ0n) is 18.5. The monoisotopic (exact) mass is 432 g/mol. The van der Waals surface area contributed by atoms with Crippen molar-refractivity contribution in [1.29, 1.82) is 0 Å². The van der Waals surface area contributed by atoms with Gasteiger partial charge in [-0.25, -0.2) is 0 Å². The number of carbonyl (C=O) groups is 1. The standard InChI is InChI=1S/C22H40O8/c1-3-19(21(24)27-12-6-9-18-14-30-18)20(15-26-10-5-8-17-13-29-17)22(25)28-11-4-7-16(2)23/h16-20,22-23,25H,3-15H2,1-2H3. The molecule has 2 saturated heterocycles. The Morgan fingerprint density at radius 2 is 1.67 bits per heavy atom. The van der Waals surface area contributed by atoms with Crippen LogP contribution in [0.4, 0.5) is 0 Å². The molecule has 8 nitrogen and oxygen atoms in total. The van der Waals surface area contributed by atoms with Crippen molar-refractivity contribution in [2.75, 3.05) is 39.6 Å². The molecule has 2 aliphatic heterocycles. The van der Waals surface area contributed by atoms with Crippen molar-refractivity contribution in [2.45, 2.75) is 83.4 Å². The number of ether oxygens (including phenoxy) is 5. The van der Waals surface area contributed by atoms with Gasteiger partial charge in [-0.3, -0.25) is 4.79 Å². The number of carbonyl (C=O) groups excluding carboxylic acids is 1. The summed E-state index contributed by atoms with van der Waals surface area (Å²) in [6.45, 7) is 6.71. The fourth-order valence-corrected chi connectivity index (χ4v) is 3.44. The molecule has 0 aromatic heterocycles. The number of aliphatic hydroxyl groups is 2. The van der Waals surface area contributed by atoms with Crippen molar-refractivity contribution in [3.8, 4) is 0 Å². The molecule has 2 fully saturated rings.